The molecule has 11 nitrogen and oxygen atoms in total. The third kappa shape index (κ3) is 6.04. The lowest BCUT2D eigenvalue weighted by molar-refractivity contribution is 0.0494. The number of aromatic nitrogens is 5. The SMILES string of the molecule is CC(C)(C)OC(=O)N[C@@H]1c2cccnc2[C@H](Oc2noc3c2CC[C@@H](n2c(=O)[nH]c4ncccc42)CC3)CC[C@H]1c1cccc(F)c1F. The fraction of sp³-hybridized carbons (Fsp3) is 0.400. The first kappa shape index (κ1) is 31.5. The Morgan fingerprint density at radius 1 is 1.00 bits per heavy atom. The molecule has 250 valence electrons. The summed E-state index contributed by atoms with van der Waals surface area (Å²) in [7, 11) is 0. The average molecular weight is 659 g/mol. The molecule has 0 radical (unpaired) electrons. The first-order chi connectivity index (χ1) is 23.1. The van der Waals surface area contributed by atoms with Crippen molar-refractivity contribution in [3.05, 3.63) is 105 Å². The van der Waals surface area contributed by atoms with Crippen LogP contribution in [0.5, 0.6) is 5.88 Å². The number of pyridine rings is 2. The number of fused-ring (bicyclic) bond motifs is 3. The Morgan fingerprint density at radius 2 is 1.77 bits per heavy atom. The molecule has 48 heavy (non-hydrogen) atoms. The lowest BCUT2D eigenvalue weighted by Gasteiger charge is -2.29. The first-order valence-electron chi connectivity index (χ1n) is 16.1. The van der Waals surface area contributed by atoms with Gasteiger partial charge in [0.05, 0.1) is 22.8 Å². The van der Waals surface area contributed by atoms with Gasteiger partial charge in [0.1, 0.15) is 17.5 Å². The molecule has 1 amide bonds. The molecule has 0 bridgehead atoms. The van der Waals surface area contributed by atoms with Crippen LogP contribution in [0.3, 0.4) is 0 Å². The van der Waals surface area contributed by atoms with E-state index in [1.807, 2.05) is 12.1 Å². The summed E-state index contributed by atoms with van der Waals surface area (Å²) in [5.41, 5.74) is 2.41. The smallest absolute Gasteiger partial charge is 0.408 e. The van der Waals surface area contributed by atoms with Gasteiger partial charge >= 0.3 is 11.8 Å². The van der Waals surface area contributed by atoms with Gasteiger partial charge in [-0.2, -0.15) is 0 Å². The van der Waals surface area contributed by atoms with E-state index in [0.717, 1.165) is 17.1 Å². The number of benzene rings is 1. The van der Waals surface area contributed by atoms with Crippen molar-refractivity contribution in [3.63, 3.8) is 0 Å². The van der Waals surface area contributed by atoms with Gasteiger partial charge in [-0.05, 0) is 87.9 Å². The summed E-state index contributed by atoms with van der Waals surface area (Å²) in [5.74, 6) is -1.58. The number of hydrogen-bond acceptors (Lipinski definition) is 8. The zero-order valence-electron chi connectivity index (χ0n) is 26.8. The van der Waals surface area contributed by atoms with Crippen LogP contribution in [0.2, 0.25) is 0 Å². The van der Waals surface area contributed by atoms with Crippen LogP contribution in [-0.2, 0) is 17.6 Å². The van der Waals surface area contributed by atoms with Crippen molar-refractivity contribution in [3.8, 4) is 5.88 Å². The van der Waals surface area contributed by atoms with E-state index in [1.165, 1.54) is 12.1 Å². The molecule has 2 aliphatic carbocycles. The second-order valence-electron chi connectivity index (χ2n) is 13.3. The third-order valence-electron chi connectivity index (χ3n) is 9.08. The van der Waals surface area contributed by atoms with Crippen LogP contribution in [0.25, 0.3) is 11.2 Å². The highest BCUT2D eigenvalue weighted by Crippen LogP contribution is 2.45. The first-order valence-corrected chi connectivity index (χ1v) is 16.1. The highest BCUT2D eigenvalue weighted by molar-refractivity contribution is 5.70. The third-order valence-corrected chi connectivity index (χ3v) is 9.08. The van der Waals surface area contributed by atoms with Crippen LogP contribution in [0, 0.1) is 11.6 Å². The number of rotatable bonds is 5. The molecule has 2 N–H and O–H groups in total. The predicted molar refractivity (Wildman–Crippen MR) is 171 cm³/mol. The van der Waals surface area contributed by atoms with Crippen molar-refractivity contribution in [2.45, 2.75) is 89.0 Å². The van der Waals surface area contributed by atoms with Gasteiger partial charge in [-0.15, -0.1) is 0 Å². The highest BCUT2D eigenvalue weighted by atomic mass is 19.2. The Morgan fingerprint density at radius 3 is 2.60 bits per heavy atom. The number of halogens is 2. The molecule has 0 aliphatic heterocycles. The number of aromatic amines is 1. The van der Waals surface area contributed by atoms with Crippen LogP contribution in [0.4, 0.5) is 13.6 Å². The van der Waals surface area contributed by atoms with Gasteiger partial charge in [-0.1, -0.05) is 18.2 Å². The van der Waals surface area contributed by atoms with Gasteiger partial charge in [0.15, 0.2) is 17.3 Å². The molecule has 0 spiro atoms. The van der Waals surface area contributed by atoms with E-state index in [4.69, 9.17) is 14.0 Å². The molecule has 5 aromatic rings. The maximum atomic E-state index is 15.3. The number of ether oxygens (including phenoxy) is 2. The standard InChI is InChI=1S/C35H36F2N6O5/c1-35(2,3)47-34(45)40-29-21(20-7-4-9-24(36)28(20)37)14-16-27(30-23(29)8-5-17-38-30)46-32-22-13-11-19(12-15-26(22)48-42-32)43-25-10-6-18-39-31(25)41-33(43)44/h4-10,17-19,21,27,29H,11-16H2,1-3H3,(H,40,45)(H,39,41,44)/t19-,21+,27-,29+/m1/s1. The number of hydrogen-bond donors (Lipinski definition) is 2. The second-order valence-corrected chi connectivity index (χ2v) is 13.3. The van der Waals surface area contributed by atoms with Crippen molar-refractivity contribution in [2.24, 2.45) is 0 Å². The zero-order chi connectivity index (χ0) is 33.6. The number of H-pyrrole nitrogens is 1. The predicted octanol–water partition coefficient (Wildman–Crippen LogP) is 6.77. The monoisotopic (exact) mass is 658 g/mol. The van der Waals surface area contributed by atoms with E-state index in [1.54, 1.807) is 49.9 Å². The maximum absolute atomic E-state index is 15.3. The number of aryl methyl sites for hydroxylation is 1. The fourth-order valence-corrected chi connectivity index (χ4v) is 7.01. The molecule has 0 unspecified atom stereocenters. The minimum Gasteiger partial charge on any atom is -0.465 e. The molecule has 2 aliphatic rings. The molecule has 4 aromatic heterocycles. The quantitative estimate of drug-likeness (QED) is 0.198. The van der Waals surface area contributed by atoms with Crippen molar-refractivity contribution in [1.29, 1.82) is 0 Å². The molecule has 13 heteroatoms. The van der Waals surface area contributed by atoms with E-state index in [-0.39, 0.29) is 17.3 Å². The van der Waals surface area contributed by atoms with E-state index in [0.29, 0.717) is 67.1 Å². The highest BCUT2D eigenvalue weighted by Gasteiger charge is 2.39. The largest absolute Gasteiger partial charge is 0.465 e. The van der Waals surface area contributed by atoms with Gasteiger partial charge in [0.25, 0.3) is 5.88 Å². The van der Waals surface area contributed by atoms with Crippen molar-refractivity contribution >= 4 is 17.3 Å². The number of amides is 1. The summed E-state index contributed by atoms with van der Waals surface area (Å²) in [5, 5.41) is 7.22. The summed E-state index contributed by atoms with van der Waals surface area (Å²) in [6.45, 7) is 5.26. The Hall–Kier alpha value is -5.07. The lowest BCUT2D eigenvalue weighted by Crippen LogP contribution is -2.37. The minimum atomic E-state index is -0.971. The Labute approximate surface area is 274 Å². The van der Waals surface area contributed by atoms with Crippen LogP contribution >= 0.6 is 0 Å². The Balaban J connectivity index is 1.19. The average Bonchev–Trinajstić information content (AvgIpc) is 3.46. The second kappa shape index (κ2) is 12.5. The normalized spacial score (nSPS) is 21.1. The fourth-order valence-electron chi connectivity index (χ4n) is 7.01. The van der Waals surface area contributed by atoms with Crippen molar-refractivity contribution < 1.29 is 27.6 Å². The molecule has 0 saturated carbocycles. The topological polar surface area (TPSA) is 137 Å². The molecule has 0 saturated heterocycles. The van der Waals surface area contributed by atoms with Gasteiger partial charge in [0, 0.05) is 36.3 Å². The van der Waals surface area contributed by atoms with Crippen LogP contribution in [0.15, 0.2) is 64.2 Å². The van der Waals surface area contributed by atoms with E-state index < -0.39 is 41.4 Å². The summed E-state index contributed by atoms with van der Waals surface area (Å²) in [6, 6.07) is 10.4. The summed E-state index contributed by atoms with van der Waals surface area (Å²) < 4.78 is 49.5. The number of carbonyl (C=O) groups is 1. The number of alkyl carbamates (subject to hydrolysis) is 1. The van der Waals surface area contributed by atoms with Crippen molar-refractivity contribution in [2.75, 3.05) is 0 Å². The van der Waals surface area contributed by atoms with Crippen LogP contribution in [0.1, 0.15) is 98.7 Å². The lowest BCUT2D eigenvalue weighted by atomic mass is 9.85. The van der Waals surface area contributed by atoms with E-state index in [9.17, 15) is 14.0 Å². The molecule has 0 fully saturated rings. The Kier molecular flexibility index (Phi) is 8.22. The summed E-state index contributed by atoms with van der Waals surface area (Å²) in [6.07, 6.45) is 5.05. The number of carbonyl (C=O) groups excluding carboxylic acids is 1. The van der Waals surface area contributed by atoms with Gasteiger partial charge in [-0.3, -0.25) is 14.5 Å². The van der Waals surface area contributed by atoms with Crippen molar-refractivity contribution in [1.82, 2.24) is 30.0 Å². The minimum absolute atomic E-state index is 0.0900. The molecular weight excluding hydrogens is 622 g/mol. The van der Waals surface area contributed by atoms with Gasteiger partial charge in [-0.25, -0.2) is 23.4 Å². The molecule has 4 atom stereocenters. The van der Waals surface area contributed by atoms with Gasteiger partial charge in [0.2, 0.25) is 0 Å². The summed E-state index contributed by atoms with van der Waals surface area (Å²) >= 11 is 0. The zero-order valence-corrected chi connectivity index (χ0v) is 26.8. The summed E-state index contributed by atoms with van der Waals surface area (Å²) in [4.78, 5) is 37.8. The molecular formula is C35H36F2N6O5. The van der Waals surface area contributed by atoms with Crippen LogP contribution < -0.4 is 15.7 Å². The maximum Gasteiger partial charge on any atom is 0.408 e. The van der Waals surface area contributed by atoms with E-state index >= 15 is 4.39 Å². The molecule has 4 heterocycles. The van der Waals surface area contributed by atoms with E-state index in [2.05, 4.69) is 25.4 Å². The Bertz CT molecular complexity index is 2030. The van der Waals surface area contributed by atoms with Crippen LogP contribution in [-0.4, -0.2) is 36.4 Å². The molecule has 7 rings (SSSR count). The van der Waals surface area contributed by atoms with Gasteiger partial charge < -0.3 is 19.3 Å². The number of nitrogens with one attached hydrogen (secondary N) is 2. The number of imidazole rings is 1. The molecule has 1 aromatic carbocycles. The number of nitrogens with zero attached hydrogens (tertiary/aromatic N) is 4.